The van der Waals surface area contributed by atoms with Gasteiger partial charge in [-0.05, 0) is 35.9 Å². The lowest BCUT2D eigenvalue weighted by Crippen LogP contribution is -2.08. The van der Waals surface area contributed by atoms with Crippen molar-refractivity contribution in [3.05, 3.63) is 94.5 Å². The normalized spacial score (nSPS) is 10.7. The maximum absolute atomic E-state index is 10.8. The second-order valence-electron chi connectivity index (χ2n) is 5.66. The molecule has 0 saturated heterocycles. The summed E-state index contributed by atoms with van der Waals surface area (Å²) in [7, 11) is 2.02. The maximum atomic E-state index is 10.8. The molecular weight excluding hydrogens is 328 g/mol. The number of anilines is 3. The van der Waals surface area contributed by atoms with Crippen molar-refractivity contribution in [2.45, 2.75) is 0 Å². The molecule has 3 rings (SSSR count). The summed E-state index contributed by atoms with van der Waals surface area (Å²) in [5.41, 5.74) is 6.50. The van der Waals surface area contributed by atoms with Crippen LogP contribution >= 0.6 is 0 Å². The molecule has 0 aliphatic rings. The van der Waals surface area contributed by atoms with Crippen molar-refractivity contribution in [3.63, 3.8) is 0 Å². The van der Waals surface area contributed by atoms with Gasteiger partial charge in [0.2, 0.25) is 0 Å². The quantitative estimate of drug-likeness (QED) is 0.395. The molecule has 6 nitrogen and oxygen atoms in total. The van der Waals surface area contributed by atoms with E-state index in [1.165, 1.54) is 12.1 Å². The Bertz CT molecular complexity index is 909. The lowest BCUT2D eigenvalue weighted by atomic mass is 10.2. The molecule has 130 valence electrons. The van der Waals surface area contributed by atoms with Crippen LogP contribution in [0.3, 0.4) is 0 Å². The molecule has 3 aromatic carbocycles. The molecule has 0 heterocycles. The summed E-state index contributed by atoms with van der Waals surface area (Å²) in [6.07, 6.45) is 1.67. The summed E-state index contributed by atoms with van der Waals surface area (Å²) < 4.78 is 0. The Kier molecular flexibility index (Phi) is 5.24. The Hall–Kier alpha value is -3.67. The van der Waals surface area contributed by atoms with Crippen molar-refractivity contribution in [2.24, 2.45) is 5.10 Å². The number of hydrogen-bond donors (Lipinski definition) is 1. The Labute approximate surface area is 151 Å². The minimum absolute atomic E-state index is 0.0264. The highest BCUT2D eigenvalue weighted by molar-refractivity contribution is 5.81. The molecule has 0 spiro atoms. The molecule has 0 fully saturated rings. The zero-order valence-corrected chi connectivity index (χ0v) is 14.2. The summed E-state index contributed by atoms with van der Waals surface area (Å²) >= 11 is 0. The van der Waals surface area contributed by atoms with E-state index in [1.807, 2.05) is 49.5 Å². The average molecular weight is 346 g/mol. The summed E-state index contributed by atoms with van der Waals surface area (Å²) in [6.45, 7) is 0. The van der Waals surface area contributed by atoms with Gasteiger partial charge in [-0.3, -0.25) is 15.5 Å². The van der Waals surface area contributed by atoms with Gasteiger partial charge in [0.15, 0.2) is 0 Å². The largest absolute Gasteiger partial charge is 0.345 e. The molecular formula is C20H18N4O2. The van der Waals surface area contributed by atoms with Crippen LogP contribution in [0.5, 0.6) is 0 Å². The molecule has 0 saturated carbocycles. The Morgan fingerprint density at radius 3 is 2.35 bits per heavy atom. The van der Waals surface area contributed by atoms with E-state index < -0.39 is 4.92 Å². The van der Waals surface area contributed by atoms with Gasteiger partial charge in [-0.15, -0.1) is 0 Å². The van der Waals surface area contributed by atoms with Gasteiger partial charge in [-0.2, -0.15) is 5.10 Å². The van der Waals surface area contributed by atoms with Crippen LogP contribution in [0.15, 0.2) is 84.0 Å². The molecule has 26 heavy (non-hydrogen) atoms. The molecule has 1 N–H and O–H groups in total. The lowest BCUT2D eigenvalue weighted by molar-refractivity contribution is -0.384. The van der Waals surface area contributed by atoms with Gasteiger partial charge in [0, 0.05) is 30.6 Å². The molecule has 6 heteroatoms. The molecule has 0 radical (unpaired) electrons. The van der Waals surface area contributed by atoms with Crippen LogP contribution in [0.1, 0.15) is 5.56 Å². The Balaban J connectivity index is 1.65. The Morgan fingerprint density at radius 1 is 0.962 bits per heavy atom. The van der Waals surface area contributed by atoms with Crippen LogP contribution < -0.4 is 10.3 Å². The van der Waals surface area contributed by atoms with Gasteiger partial charge in [0.25, 0.3) is 5.69 Å². The number of hydrazone groups is 1. The third-order valence-corrected chi connectivity index (χ3v) is 3.89. The van der Waals surface area contributed by atoms with Crippen molar-refractivity contribution in [1.29, 1.82) is 0 Å². The van der Waals surface area contributed by atoms with Crippen molar-refractivity contribution in [3.8, 4) is 0 Å². The standard InChI is InChI=1S/C20H18N4O2/c1-23(18-7-3-2-4-8-18)19-12-10-16(11-13-19)15-21-22-17-6-5-9-20(14-17)24(25)26/h2-15,22H,1H3. The van der Waals surface area contributed by atoms with E-state index in [0.29, 0.717) is 5.69 Å². The summed E-state index contributed by atoms with van der Waals surface area (Å²) in [5.74, 6) is 0. The van der Waals surface area contributed by atoms with E-state index in [4.69, 9.17) is 0 Å². The van der Waals surface area contributed by atoms with Crippen LogP contribution in [0.4, 0.5) is 22.7 Å². The number of non-ortho nitro benzene ring substituents is 1. The fraction of sp³-hybridized carbons (Fsp3) is 0.0500. The second-order valence-corrected chi connectivity index (χ2v) is 5.66. The van der Waals surface area contributed by atoms with E-state index in [-0.39, 0.29) is 5.69 Å². The summed E-state index contributed by atoms with van der Waals surface area (Å²) in [4.78, 5) is 12.4. The van der Waals surface area contributed by atoms with Crippen molar-refractivity contribution >= 4 is 29.0 Å². The number of nitro groups is 1. The highest BCUT2D eigenvalue weighted by atomic mass is 16.6. The van der Waals surface area contributed by atoms with Crippen LogP contribution in [0, 0.1) is 10.1 Å². The summed E-state index contributed by atoms with van der Waals surface area (Å²) in [6, 6.07) is 24.3. The first-order chi connectivity index (χ1) is 12.6. The minimum atomic E-state index is -0.434. The highest BCUT2D eigenvalue weighted by Gasteiger charge is 2.05. The van der Waals surface area contributed by atoms with Crippen molar-refractivity contribution in [2.75, 3.05) is 17.4 Å². The third-order valence-electron chi connectivity index (χ3n) is 3.89. The monoisotopic (exact) mass is 346 g/mol. The molecule has 0 aliphatic heterocycles. The van der Waals surface area contributed by atoms with Crippen molar-refractivity contribution < 1.29 is 4.92 Å². The molecule has 0 aromatic heterocycles. The molecule has 0 amide bonds. The van der Waals surface area contributed by atoms with Gasteiger partial charge in [-0.25, -0.2) is 0 Å². The molecule has 0 bridgehead atoms. The smallest absolute Gasteiger partial charge is 0.271 e. The van der Waals surface area contributed by atoms with Crippen LogP contribution in [0.25, 0.3) is 0 Å². The number of nitrogens with zero attached hydrogens (tertiary/aromatic N) is 3. The van der Waals surface area contributed by atoms with Crippen LogP contribution in [0.2, 0.25) is 0 Å². The second kappa shape index (κ2) is 7.94. The number of rotatable bonds is 6. The lowest BCUT2D eigenvalue weighted by Gasteiger charge is -2.19. The molecule has 0 aliphatic carbocycles. The number of benzene rings is 3. The SMILES string of the molecule is CN(c1ccccc1)c1ccc(C=NNc2cccc([N+](=O)[O-])c2)cc1. The summed E-state index contributed by atoms with van der Waals surface area (Å²) in [5, 5.41) is 14.9. The first kappa shape index (κ1) is 17.2. The van der Waals surface area contributed by atoms with Gasteiger partial charge >= 0.3 is 0 Å². The van der Waals surface area contributed by atoms with Crippen LogP contribution in [-0.2, 0) is 0 Å². The first-order valence-corrected chi connectivity index (χ1v) is 8.06. The zero-order chi connectivity index (χ0) is 18.4. The fourth-order valence-corrected chi connectivity index (χ4v) is 2.46. The van der Waals surface area contributed by atoms with Crippen LogP contribution in [-0.4, -0.2) is 18.2 Å². The average Bonchev–Trinajstić information content (AvgIpc) is 2.69. The van der Waals surface area contributed by atoms with E-state index in [1.54, 1.807) is 18.3 Å². The Morgan fingerprint density at radius 2 is 1.65 bits per heavy atom. The van der Waals surface area contributed by atoms with E-state index >= 15 is 0 Å². The third kappa shape index (κ3) is 4.24. The highest BCUT2D eigenvalue weighted by Crippen LogP contribution is 2.23. The van der Waals surface area contributed by atoms with Gasteiger partial charge in [0.05, 0.1) is 16.8 Å². The van der Waals surface area contributed by atoms with E-state index in [0.717, 1.165) is 16.9 Å². The number of nitro benzene ring substituents is 1. The topological polar surface area (TPSA) is 70.8 Å². The van der Waals surface area contributed by atoms with E-state index in [2.05, 4.69) is 27.6 Å². The zero-order valence-electron chi connectivity index (χ0n) is 14.2. The predicted molar refractivity (Wildman–Crippen MR) is 105 cm³/mol. The maximum Gasteiger partial charge on any atom is 0.271 e. The van der Waals surface area contributed by atoms with E-state index in [9.17, 15) is 10.1 Å². The molecule has 3 aromatic rings. The minimum Gasteiger partial charge on any atom is -0.345 e. The fourth-order valence-electron chi connectivity index (χ4n) is 2.46. The van der Waals surface area contributed by atoms with Gasteiger partial charge in [-0.1, -0.05) is 36.4 Å². The van der Waals surface area contributed by atoms with Gasteiger partial charge in [0.1, 0.15) is 0 Å². The number of nitrogens with one attached hydrogen (secondary N) is 1. The van der Waals surface area contributed by atoms with Gasteiger partial charge < -0.3 is 4.90 Å². The first-order valence-electron chi connectivity index (χ1n) is 8.06. The van der Waals surface area contributed by atoms with Crippen molar-refractivity contribution in [1.82, 2.24) is 0 Å². The molecule has 0 atom stereocenters. The number of para-hydroxylation sites is 1. The predicted octanol–water partition coefficient (Wildman–Crippen LogP) is 4.81. The molecule has 0 unspecified atom stereocenters. The number of hydrogen-bond acceptors (Lipinski definition) is 5.